The van der Waals surface area contributed by atoms with Crippen molar-refractivity contribution in [1.82, 2.24) is 10.3 Å². The van der Waals surface area contributed by atoms with Crippen LogP contribution in [0.5, 0.6) is 0 Å². The minimum Gasteiger partial charge on any atom is -0.306 e. The number of thiophene rings is 1. The Morgan fingerprint density at radius 1 is 1.20 bits per heavy atom. The van der Waals surface area contributed by atoms with Gasteiger partial charge in [-0.05, 0) is 43.3 Å². The first kappa shape index (κ1) is 13.8. The normalized spacial score (nSPS) is 18.1. The summed E-state index contributed by atoms with van der Waals surface area (Å²) < 4.78 is 0. The first-order valence-electron chi connectivity index (χ1n) is 7.58. The Morgan fingerprint density at radius 2 is 2.05 bits per heavy atom. The summed E-state index contributed by atoms with van der Waals surface area (Å²) in [5.74, 6) is 0. The van der Waals surface area contributed by atoms with Gasteiger partial charge in [-0.1, -0.05) is 25.3 Å². The summed E-state index contributed by atoms with van der Waals surface area (Å²) in [6.45, 7) is 2.23. The van der Waals surface area contributed by atoms with Crippen LogP contribution in [-0.2, 0) is 0 Å². The molecule has 0 bridgehead atoms. The van der Waals surface area contributed by atoms with E-state index in [0.29, 0.717) is 12.1 Å². The molecule has 0 saturated heterocycles. The third-order valence-electron chi connectivity index (χ3n) is 4.12. The minimum atomic E-state index is 0.330. The average molecular weight is 286 g/mol. The van der Waals surface area contributed by atoms with Crippen molar-refractivity contribution in [2.45, 2.75) is 51.1 Å². The van der Waals surface area contributed by atoms with Gasteiger partial charge in [-0.2, -0.15) is 11.3 Å². The first-order valence-corrected chi connectivity index (χ1v) is 8.53. The van der Waals surface area contributed by atoms with Crippen molar-refractivity contribution in [3.63, 3.8) is 0 Å². The van der Waals surface area contributed by atoms with Crippen LogP contribution in [-0.4, -0.2) is 11.0 Å². The number of aromatic nitrogens is 1. The number of rotatable bonds is 4. The lowest BCUT2D eigenvalue weighted by Gasteiger charge is -2.26. The topological polar surface area (TPSA) is 24.9 Å². The largest absolute Gasteiger partial charge is 0.306 e. The summed E-state index contributed by atoms with van der Waals surface area (Å²) in [4.78, 5) is 4.82. The third kappa shape index (κ3) is 3.28. The van der Waals surface area contributed by atoms with Crippen LogP contribution in [0.15, 0.2) is 35.0 Å². The van der Waals surface area contributed by atoms with E-state index >= 15 is 0 Å². The predicted octanol–water partition coefficient (Wildman–Crippen LogP) is 4.79. The highest BCUT2D eigenvalue weighted by molar-refractivity contribution is 7.08. The summed E-state index contributed by atoms with van der Waals surface area (Å²) in [6, 6.07) is 9.49. The zero-order chi connectivity index (χ0) is 13.8. The average Bonchev–Trinajstić information content (AvgIpc) is 3.03. The van der Waals surface area contributed by atoms with Crippen LogP contribution in [0.4, 0.5) is 0 Å². The van der Waals surface area contributed by atoms with Crippen LogP contribution in [0.3, 0.4) is 0 Å². The molecule has 2 heterocycles. The van der Waals surface area contributed by atoms with Gasteiger partial charge >= 0.3 is 0 Å². The van der Waals surface area contributed by atoms with Crippen LogP contribution >= 0.6 is 11.3 Å². The summed E-state index contributed by atoms with van der Waals surface area (Å²) in [5.41, 5.74) is 3.46. The molecule has 0 aliphatic heterocycles. The van der Waals surface area contributed by atoms with E-state index in [1.165, 1.54) is 37.7 Å². The van der Waals surface area contributed by atoms with Crippen molar-refractivity contribution < 1.29 is 0 Å². The van der Waals surface area contributed by atoms with Crippen molar-refractivity contribution in [2.75, 3.05) is 0 Å². The summed E-state index contributed by atoms with van der Waals surface area (Å²) in [7, 11) is 0. The van der Waals surface area contributed by atoms with Gasteiger partial charge in [-0.25, -0.2) is 0 Å². The first-order chi connectivity index (χ1) is 9.83. The fraction of sp³-hybridized carbons (Fsp3) is 0.471. The zero-order valence-corrected chi connectivity index (χ0v) is 12.8. The monoisotopic (exact) mass is 286 g/mol. The van der Waals surface area contributed by atoms with E-state index in [-0.39, 0.29) is 0 Å². The van der Waals surface area contributed by atoms with Crippen LogP contribution in [0.1, 0.15) is 50.8 Å². The molecule has 0 amide bonds. The molecule has 0 spiro atoms. The van der Waals surface area contributed by atoms with Gasteiger partial charge in [0.2, 0.25) is 0 Å². The van der Waals surface area contributed by atoms with Crippen LogP contribution in [0.2, 0.25) is 0 Å². The van der Waals surface area contributed by atoms with Crippen LogP contribution < -0.4 is 5.32 Å². The standard InChI is InChI=1S/C17H22N2S/c1-13(18-15-6-3-2-4-7-15)16-8-5-9-17(19-16)14-10-11-20-12-14/h5,8-13,15,18H,2-4,6-7H2,1H3. The highest BCUT2D eigenvalue weighted by Crippen LogP contribution is 2.24. The van der Waals surface area contributed by atoms with E-state index in [0.717, 1.165) is 11.4 Å². The van der Waals surface area contributed by atoms with Crippen molar-refractivity contribution in [1.29, 1.82) is 0 Å². The Morgan fingerprint density at radius 3 is 2.80 bits per heavy atom. The van der Waals surface area contributed by atoms with E-state index in [9.17, 15) is 0 Å². The molecule has 3 rings (SSSR count). The molecule has 106 valence electrons. The number of nitrogens with zero attached hydrogens (tertiary/aromatic N) is 1. The molecule has 2 aromatic heterocycles. The second kappa shape index (κ2) is 6.51. The molecule has 1 aliphatic carbocycles. The Kier molecular flexibility index (Phi) is 4.48. The lowest BCUT2D eigenvalue weighted by atomic mass is 9.94. The van der Waals surface area contributed by atoms with Gasteiger partial charge in [0.1, 0.15) is 0 Å². The molecular formula is C17H22N2S. The zero-order valence-electron chi connectivity index (χ0n) is 12.0. The van der Waals surface area contributed by atoms with Gasteiger partial charge in [0, 0.05) is 23.0 Å². The highest BCUT2D eigenvalue weighted by Gasteiger charge is 2.17. The highest BCUT2D eigenvalue weighted by atomic mass is 32.1. The third-order valence-corrected chi connectivity index (χ3v) is 4.81. The van der Waals surface area contributed by atoms with Gasteiger partial charge in [0.15, 0.2) is 0 Å². The van der Waals surface area contributed by atoms with Gasteiger partial charge in [0.05, 0.1) is 11.4 Å². The quantitative estimate of drug-likeness (QED) is 0.873. The minimum absolute atomic E-state index is 0.330. The number of hydrogen-bond acceptors (Lipinski definition) is 3. The van der Waals surface area contributed by atoms with Crippen molar-refractivity contribution in [3.8, 4) is 11.3 Å². The Labute approximate surface area is 125 Å². The maximum Gasteiger partial charge on any atom is 0.0714 e. The molecule has 0 radical (unpaired) electrons. The maximum absolute atomic E-state index is 4.82. The van der Waals surface area contributed by atoms with Crippen molar-refractivity contribution in [3.05, 3.63) is 40.7 Å². The molecular weight excluding hydrogens is 264 g/mol. The number of nitrogens with one attached hydrogen (secondary N) is 1. The molecule has 3 heteroatoms. The van der Waals surface area contributed by atoms with Gasteiger partial charge in [-0.3, -0.25) is 4.98 Å². The van der Waals surface area contributed by atoms with Gasteiger partial charge in [-0.15, -0.1) is 0 Å². The Balaban J connectivity index is 1.71. The van der Waals surface area contributed by atoms with E-state index in [1.54, 1.807) is 11.3 Å². The second-order valence-corrected chi connectivity index (χ2v) is 6.46. The Hall–Kier alpha value is -1.19. The fourth-order valence-electron chi connectivity index (χ4n) is 2.97. The molecule has 2 aromatic rings. The lowest BCUT2D eigenvalue weighted by molar-refractivity contribution is 0.344. The molecule has 0 aromatic carbocycles. The molecule has 1 fully saturated rings. The molecule has 2 nitrogen and oxygen atoms in total. The summed E-state index contributed by atoms with van der Waals surface area (Å²) in [5, 5.41) is 8.01. The van der Waals surface area contributed by atoms with E-state index in [2.05, 4.69) is 47.3 Å². The second-order valence-electron chi connectivity index (χ2n) is 5.68. The van der Waals surface area contributed by atoms with Gasteiger partial charge < -0.3 is 5.32 Å². The van der Waals surface area contributed by atoms with Crippen LogP contribution in [0.25, 0.3) is 11.3 Å². The number of pyridine rings is 1. The molecule has 1 aliphatic rings. The predicted molar refractivity (Wildman–Crippen MR) is 86.0 cm³/mol. The molecule has 1 N–H and O–H groups in total. The molecule has 20 heavy (non-hydrogen) atoms. The lowest BCUT2D eigenvalue weighted by Crippen LogP contribution is -2.33. The summed E-state index contributed by atoms with van der Waals surface area (Å²) >= 11 is 1.72. The van der Waals surface area contributed by atoms with E-state index < -0.39 is 0 Å². The number of hydrogen-bond donors (Lipinski definition) is 1. The van der Waals surface area contributed by atoms with Crippen LogP contribution in [0, 0.1) is 0 Å². The van der Waals surface area contributed by atoms with Gasteiger partial charge in [0.25, 0.3) is 0 Å². The van der Waals surface area contributed by atoms with E-state index in [1.807, 2.05) is 0 Å². The van der Waals surface area contributed by atoms with Crippen molar-refractivity contribution in [2.24, 2.45) is 0 Å². The fourth-order valence-corrected chi connectivity index (χ4v) is 3.62. The molecule has 1 saturated carbocycles. The maximum atomic E-state index is 4.82. The SMILES string of the molecule is CC(NC1CCCCC1)c1cccc(-c2ccsc2)n1. The van der Waals surface area contributed by atoms with E-state index in [4.69, 9.17) is 4.98 Å². The van der Waals surface area contributed by atoms with Crippen molar-refractivity contribution >= 4 is 11.3 Å². The molecule has 1 unspecified atom stereocenters. The Bertz CT molecular complexity index is 530. The molecule has 1 atom stereocenters. The summed E-state index contributed by atoms with van der Waals surface area (Å²) in [6.07, 6.45) is 6.76. The smallest absolute Gasteiger partial charge is 0.0714 e.